The molecule has 4 nitrogen and oxygen atoms in total. The first-order valence-electron chi connectivity index (χ1n) is 6.52. The lowest BCUT2D eigenvalue weighted by molar-refractivity contribution is -0.138. The maximum absolute atomic E-state index is 10.9. The highest BCUT2D eigenvalue weighted by molar-refractivity contribution is 5.69. The molecule has 0 saturated heterocycles. The fourth-order valence-electron chi connectivity index (χ4n) is 2.06. The Labute approximate surface area is 115 Å². The van der Waals surface area contributed by atoms with Gasteiger partial charge in [0.1, 0.15) is 0 Å². The molecule has 0 aliphatic carbocycles. The number of carboxylic acids is 1. The number of rotatable bonds is 8. The van der Waals surface area contributed by atoms with Crippen LogP contribution >= 0.6 is 0 Å². The summed E-state index contributed by atoms with van der Waals surface area (Å²) in [5.41, 5.74) is 2.25. The zero-order chi connectivity index (χ0) is 14.3. The van der Waals surface area contributed by atoms with Crippen molar-refractivity contribution in [3.05, 3.63) is 35.4 Å². The van der Waals surface area contributed by atoms with Crippen LogP contribution in [0.4, 0.5) is 0 Å². The van der Waals surface area contributed by atoms with Crippen LogP contribution in [0.15, 0.2) is 24.3 Å². The maximum Gasteiger partial charge on any atom is 0.317 e. The van der Waals surface area contributed by atoms with Crippen molar-refractivity contribution in [2.45, 2.75) is 27.0 Å². The van der Waals surface area contributed by atoms with E-state index in [1.807, 2.05) is 29.2 Å². The molecule has 0 aliphatic heterocycles. The molecule has 0 bridgehead atoms. The van der Waals surface area contributed by atoms with Crippen LogP contribution in [-0.4, -0.2) is 36.2 Å². The second-order valence-electron chi connectivity index (χ2n) is 5.21. The number of carbonyl (C=O) groups is 1. The number of aliphatic carboxylic acids is 1. The Balaban J connectivity index is 2.64. The average molecular weight is 265 g/mol. The molecule has 1 N–H and O–H groups in total. The maximum atomic E-state index is 10.9. The monoisotopic (exact) mass is 265 g/mol. The zero-order valence-electron chi connectivity index (χ0n) is 11.9. The molecular weight excluding hydrogens is 242 g/mol. The highest BCUT2D eigenvalue weighted by Crippen LogP contribution is 2.10. The van der Waals surface area contributed by atoms with Crippen LogP contribution in [0.3, 0.4) is 0 Å². The van der Waals surface area contributed by atoms with Gasteiger partial charge < -0.3 is 9.84 Å². The van der Waals surface area contributed by atoms with Gasteiger partial charge in [-0.3, -0.25) is 9.69 Å². The Morgan fingerprint density at radius 1 is 1.26 bits per heavy atom. The minimum absolute atomic E-state index is 0.0814. The molecule has 0 aromatic heterocycles. The summed E-state index contributed by atoms with van der Waals surface area (Å²) in [5, 5.41) is 8.93. The predicted octanol–water partition coefficient (Wildman–Crippen LogP) is 2.38. The molecule has 0 fully saturated rings. The van der Waals surface area contributed by atoms with Crippen molar-refractivity contribution in [2.75, 3.05) is 20.2 Å². The van der Waals surface area contributed by atoms with E-state index in [4.69, 9.17) is 9.84 Å². The lowest BCUT2D eigenvalue weighted by atomic mass is 10.1. The first-order chi connectivity index (χ1) is 9.01. The van der Waals surface area contributed by atoms with Crippen LogP contribution in [0.5, 0.6) is 0 Å². The van der Waals surface area contributed by atoms with Crippen LogP contribution in [0.25, 0.3) is 0 Å². The molecule has 4 heteroatoms. The SMILES string of the molecule is COCc1ccc(CN(CC(=O)O)CC(C)C)cc1. The Hall–Kier alpha value is -1.39. The van der Waals surface area contributed by atoms with Crippen LogP contribution in [0.1, 0.15) is 25.0 Å². The molecule has 0 radical (unpaired) electrons. The number of benzene rings is 1. The van der Waals surface area contributed by atoms with E-state index in [1.165, 1.54) is 0 Å². The van der Waals surface area contributed by atoms with Gasteiger partial charge >= 0.3 is 5.97 Å². The summed E-state index contributed by atoms with van der Waals surface area (Å²) < 4.78 is 5.07. The molecule has 0 atom stereocenters. The summed E-state index contributed by atoms with van der Waals surface area (Å²) in [6.45, 7) is 6.32. The minimum Gasteiger partial charge on any atom is -0.480 e. The van der Waals surface area contributed by atoms with E-state index in [0.717, 1.165) is 17.7 Å². The first kappa shape index (κ1) is 15.7. The highest BCUT2D eigenvalue weighted by atomic mass is 16.5. The normalized spacial score (nSPS) is 11.2. The third-order valence-corrected chi connectivity index (χ3v) is 2.72. The van der Waals surface area contributed by atoms with Crippen LogP contribution in [0, 0.1) is 5.92 Å². The number of hydrogen-bond donors (Lipinski definition) is 1. The molecule has 106 valence electrons. The Kier molecular flexibility index (Phi) is 6.53. The summed E-state index contributed by atoms with van der Waals surface area (Å²) in [5.74, 6) is -0.330. The summed E-state index contributed by atoms with van der Waals surface area (Å²) in [7, 11) is 1.67. The van der Waals surface area contributed by atoms with Crippen LogP contribution in [-0.2, 0) is 22.7 Å². The van der Waals surface area contributed by atoms with Gasteiger partial charge in [-0.25, -0.2) is 0 Å². The number of carboxylic acid groups (broad SMARTS) is 1. The molecule has 0 heterocycles. The molecule has 1 aromatic carbocycles. The van der Waals surface area contributed by atoms with E-state index in [2.05, 4.69) is 13.8 Å². The summed E-state index contributed by atoms with van der Waals surface area (Å²) in [6.07, 6.45) is 0. The summed E-state index contributed by atoms with van der Waals surface area (Å²) in [6, 6.07) is 8.10. The van der Waals surface area contributed by atoms with Crippen LogP contribution < -0.4 is 0 Å². The number of hydrogen-bond acceptors (Lipinski definition) is 3. The Morgan fingerprint density at radius 2 is 1.84 bits per heavy atom. The second-order valence-corrected chi connectivity index (χ2v) is 5.21. The van der Waals surface area contributed by atoms with Gasteiger partial charge in [0.25, 0.3) is 0 Å². The van der Waals surface area contributed by atoms with Crippen molar-refractivity contribution in [3.63, 3.8) is 0 Å². The average Bonchev–Trinajstić information content (AvgIpc) is 2.30. The summed E-state index contributed by atoms with van der Waals surface area (Å²) >= 11 is 0. The fourth-order valence-corrected chi connectivity index (χ4v) is 2.06. The first-order valence-corrected chi connectivity index (χ1v) is 6.52. The number of nitrogens with zero attached hydrogens (tertiary/aromatic N) is 1. The third-order valence-electron chi connectivity index (χ3n) is 2.72. The van der Waals surface area contributed by atoms with Crippen molar-refractivity contribution < 1.29 is 14.6 Å². The van der Waals surface area contributed by atoms with Crippen molar-refractivity contribution in [3.8, 4) is 0 Å². The highest BCUT2D eigenvalue weighted by Gasteiger charge is 2.11. The quantitative estimate of drug-likeness (QED) is 0.784. The van der Waals surface area contributed by atoms with Gasteiger partial charge in [-0.2, -0.15) is 0 Å². The van der Waals surface area contributed by atoms with E-state index in [0.29, 0.717) is 19.1 Å². The van der Waals surface area contributed by atoms with Gasteiger partial charge in [-0.1, -0.05) is 38.1 Å². The molecule has 0 aliphatic rings. The van der Waals surface area contributed by atoms with Gasteiger partial charge in [0.2, 0.25) is 0 Å². The molecule has 19 heavy (non-hydrogen) atoms. The molecule has 0 unspecified atom stereocenters. The van der Waals surface area contributed by atoms with Gasteiger partial charge in [0, 0.05) is 20.2 Å². The Morgan fingerprint density at radius 3 is 2.32 bits per heavy atom. The van der Waals surface area contributed by atoms with E-state index < -0.39 is 5.97 Å². The van der Waals surface area contributed by atoms with Gasteiger partial charge in [-0.15, -0.1) is 0 Å². The fraction of sp³-hybridized carbons (Fsp3) is 0.533. The smallest absolute Gasteiger partial charge is 0.317 e. The van der Waals surface area contributed by atoms with Crippen molar-refractivity contribution in [1.82, 2.24) is 4.90 Å². The number of ether oxygens (including phenoxy) is 1. The molecular formula is C15H23NO3. The van der Waals surface area contributed by atoms with Gasteiger partial charge in [0.05, 0.1) is 13.2 Å². The molecule has 0 amide bonds. The Bertz CT molecular complexity index is 387. The van der Waals surface area contributed by atoms with E-state index >= 15 is 0 Å². The van der Waals surface area contributed by atoms with Crippen molar-refractivity contribution in [1.29, 1.82) is 0 Å². The molecule has 1 aromatic rings. The standard InChI is InChI=1S/C15H23NO3/c1-12(2)8-16(10-15(17)18)9-13-4-6-14(7-5-13)11-19-3/h4-7,12H,8-11H2,1-3H3,(H,17,18). The number of methoxy groups -OCH3 is 1. The lowest BCUT2D eigenvalue weighted by Crippen LogP contribution is -2.32. The van der Waals surface area contributed by atoms with E-state index in [9.17, 15) is 4.79 Å². The predicted molar refractivity (Wildman–Crippen MR) is 74.9 cm³/mol. The van der Waals surface area contributed by atoms with Gasteiger partial charge in [-0.05, 0) is 17.0 Å². The van der Waals surface area contributed by atoms with Gasteiger partial charge in [0.15, 0.2) is 0 Å². The summed E-state index contributed by atoms with van der Waals surface area (Å²) in [4.78, 5) is 12.8. The molecule has 0 spiro atoms. The molecule has 1 rings (SSSR count). The zero-order valence-corrected chi connectivity index (χ0v) is 11.9. The topological polar surface area (TPSA) is 49.8 Å². The van der Waals surface area contributed by atoms with Crippen LogP contribution in [0.2, 0.25) is 0 Å². The van der Waals surface area contributed by atoms with Crippen molar-refractivity contribution >= 4 is 5.97 Å². The second kappa shape index (κ2) is 7.92. The van der Waals surface area contributed by atoms with E-state index in [-0.39, 0.29) is 6.54 Å². The minimum atomic E-state index is -0.781. The molecule has 0 saturated carbocycles. The third kappa shape index (κ3) is 6.36. The van der Waals surface area contributed by atoms with Crippen molar-refractivity contribution in [2.24, 2.45) is 5.92 Å². The van der Waals surface area contributed by atoms with E-state index in [1.54, 1.807) is 7.11 Å². The largest absolute Gasteiger partial charge is 0.480 e. The lowest BCUT2D eigenvalue weighted by Gasteiger charge is -2.22.